The van der Waals surface area contributed by atoms with Gasteiger partial charge in [0.25, 0.3) is 0 Å². The first kappa shape index (κ1) is 12.9. The van der Waals surface area contributed by atoms with Crippen LogP contribution in [-0.4, -0.2) is 19.6 Å². The van der Waals surface area contributed by atoms with Gasteiger partial charge in [-0.1, -0.05) is 0 Å². The van der Waals surface area contributed by atoms with Gasteiger partial charge in [-0.3, -0.25) is 0 Å². The van der Waals surface area contributed by atoms with Crippen molar-refractivity contribution in [2.24, 2.45) is 0 Å². The summed E-state index contributed by atoms with van der Waals surface area (Å²) >= 11 is 0. The van der Waals surface area contributed by atoms with Gasteiger partial charge in [0.2, 0.25) is 0 Å². The second-order valence-electron chi connectivity index (χ2n) is 3.52. The Morgan fingerprint density at radius 2 is 2.19 bits per heavy atom. The Kier molecular flexibility index (Phi) is 4.26. The summed E-state index contributed by atoms with van der Waals surface area (Å²) in [6.45, 7) is 1.52. The lowest BCUT2D eigenvalue weighted by Gasteiger charge is -2.17. The molecule has 88 valence electrons. The summed E-state index contributed by atoms with van der Waals surface area (Å²) < 4.78 is 18.0. The minimum Gasteiger partial charge on any atom is -0.465 e. The molecular weight excluding hydrogens is 233 g/mol. The van der Waals surface area contributed by atoms with Crippen LogP contribution >= 0.6 is 12.4 Å². The number of hydrogen-bond donors (Lipinski definition) is 1. The maximum Gasteiger partial charge on any atom is 0.340 e. The van der Waals surface area contributed by atoms with E-state index in [1.54, 1.807) is 6.07 Å². The van der Waals surface area contributed by atoms with Crippen LogP contribution in [0.4, 0.5) is 4.39 Å². The molecule has 5 heteroatoms. The molecule has 0 bridgehead atoms. The fourth-order valence-electron chi connectivity index (χ4n) is 1.77. The van der Waals surface area contributed by atoms with Gasteiger partial charge in [-0.15, -0.1) is 12.4 Å². The zero-order valence-corrected chi connectivity index (χ0v) is 9.70. The van der Waals surface area contributed by atoms with Gasteiger partial charge in [-0.05, 0) is 36.2 Å². The first-order chi connectivity index (χ1) is 7.22. The van der Waals surface area contributed by atoms with E-state index in [4.69, 9.17) is 0 Å². The molecule has 0 fully saturated rings. The van der Waals surface area contributed by atoms with Crippen LogP contribution in [-0.2, 0) is 17.7 Å². The van der Waals surface area contributed by atoms with Crippen LogP contribution in [0.2, 0.25) is 0 Å². The van der Waals surface area contributed by atoms with Crippen LogP contribution < -0.4 is 5.32 Å². The van der Waals surface area contributed by atoms with Crippen LogP contribution in [0.15, 0.2) is 12.1 Å². The molecule has 16 heavy (non-hydrogen) atoms. The number of rotatable bonds is 1. The SMILES string of the molecule is COC(=O)c1cc2c(cc1F)CNCC2.Cl. The van der Waals surface area contributed by atoms with Gasteiger partial charge < -0.3 is 10.1 Å². The lowest BCUT2D eigenvalue weighted by molar-refractivity contribution is 0.0595. The van der Waals surface area contributed by atoms with Crippen molar-refractivity contribution in [3.8, 4) is 0 Å². The lowest BCUT2D eigenvalue weighted by Crippen LogP contribution is -2.24. The molecule has 0 amide bonds. The zero-order chi connectivity index (χ0) is 10.8. The number of fused-ring (bicyclic) bond motifs is 1. The van der Waals surface area contributed by atoms with E-state index >= 15 is 0 Å². The number of methoxy groups -OCH3 is 1. The zero-order valence-electron chi connectivity index (χ0n) is 8.88. The molecule has 3 nitrogen and oxygen atoms in total. The lowest BCUT2D eigenvalue weighted by atomic mass is 9.98. The first-order valence-electron chi connectivity index (χ1n) is 4.82. The van der Waals surface area contributed by atoms with E-state index in [0.29, 0.717) is 6.54 Å². The molecule has 1 aromatic carbocycles. The van der Waals surface area contributed by atoms with Gasteiger partial charge in [0, 0.05) is 6.54 Å². The molecule has 1 aromatic rings. The summed E-state index contributed by atoms with van der Waals surface area (Å²) in [7, 11) is 1.25. The van der Waals surface area contributed by atoms with Gasteiger partial charge in [0.1, 0.15) is 5.82 Å². The summed E-state index contributed by atoms with van der Waals surface area (Å²) in [5, 5.41) is 3.15. The molecule has 0 aliphatic carbocycles. The topological polar surface area (TPSA) is 38.3 Å². The van der Waals surface area contributed by atoms with E-state index in [2.05, 4.69) is 10.1 Å². The minimum atomic E-state index is -0.617. The number of ether oxygens (including phenoxy) is 1. The molecular formula is C11H13ClFNO2. The maximum atomic E-state index is 13.5. The highest BCUT2D eigenvalue weighted by Gasteiger charge is 2.17. The molecule has 1 aliphatic heterocycles. The van der Waals surface area contributed by atoms with E-state index in [1.807, 2.05) is 0 Å². The number of benzene rings is 1. The Labute approximate surface area is 99.4 Å². The van der Waals surface area contributed by atoms with Crippen LogP contribution in [0.1, 0.15) is 21.5 Å². The van der Waals surface area contributed by atoms with Crippen molar-refractivity contribution in [2.45, 2.75) is 13.0 Å². The summed E-state index contributed by atoms with van der Waals surface area (Å²) in [6, 6.07) is 3.01. The highest BCUT2D eigenvalue weighted by Crippen LogP contribution is 2.19. The van der Waals surface area contributed by atoms with Gasteiger partial charge in [-0.25, -0.2) is 9.18 Å². The molecule has 0 saturated heterocycles. The molecule has 1 heterocycles. The van der Waals surface area contributed by atoms with Crippen molar-refractivity contribution >= 4 is 18.4 Å². The standard InChI is InChI=1S/C11H12FNO2.ClH/c1-15-11(14)9-4-7-2-3-13-6-8(7)5-10(9)12;/h4-5,13H,2-3,6H2,1H3;1H. The van der Waals surface area contributed by atoms with Gasteiger partial charge in [0.15, 0.2) is 0 Å². The third-order valence-corrected chi connectivity index (χ3v) is 2.58. The predicted octanol–water partition coefficient (Wildman–Crippen LogP) is 1.68. The van der Waals surface area contributed by atoms with Crippen molar-refractivity contribution in [1.29, 1.82) is 0 Å². The number of halogens is 2. The molecule has 1 aliphatic rings. The predicted molar refractivity (Wildman–Crippen MR) is 60.4 cm³/mol. The quantitative estimate of drug-likeness (QED) is 0.765. The minimum absolute atomic E-state index is 0. The summed E-state index contributed by atoms with van der Waals surface area (Å²) in [4.78, 5) is 11.2. The van der Waals surface area contributed by atoms with E-state index in [1.165, 1.54) is 13.2 Å². The van der Waals surface area contributed by atoms with Crippen molar-refractivity contribution in [1.82, 2.24) is 5.32 Å². The number of carbonyl (C=O) groups is 1. The fourth-order valence-corrected chi connectivity index (χ4v) is 1.77. The van der Waals surface area contributed by atoms with Gasteiger partial charge in [0.05, 0.1) is 12.7 Å². The number of carbonyl (C=O) groups excluding carboxylic acids is 1. The van der Waals surface area contributed by atoms with Crippen molar-refractivity contribution in [3.05, 3.63) is 34.6 Å². The average molecular weight is 246 g/mol. The molecule has 1 N–H and O–H groups in total. The van der Waals surface area contributed by atoms with Crippen molar-refractivity contribution in [2.75, 3.05) is 13.7 Å². The second-order valence-corrected chi connectivity index (χ2v) is 3.52. The Balaban J connectivity index is 0.00000128. The first-order valence-corrected chi connectivity index (χ1v) is 4.82. The van der Waals surface area contributed by atoms with Gasteiger partial charge >= 0.3 is 5.97 Å². The van der Waals surface area contributed by atoms with E-state index in [-0.39, 0.29) is 18.0 Å². The average Bonchev–Trinajstić information content (AvgIpc) is 2.27. The summed E-state index contributed by atoms with van der Waals surface area (Å²) in [5.41, 5.74) is 1.97. The van der Waals surface area contributed by atoms with E-state index < -0.39 is 11.8 Å². The van der Waals surface area contributed by atoms with Crippen LogP contribution in [0.5, 0.6) is 0 Å². The smallest absolute Gasteiger partial charge is 0.340 e. The molecule has 0 saturated carbocycles. The third-order valence-electron chi connectivity index (χ3n) is 2.58. The summed E-state index contributed by atoms with van der Waals surface area (Å²) in [5.74, 6) is -1.13. The molecule has 0 unspecified atom stereocenters. The third kappa shape index (κ3) is 2.33. The van der Waals surface area contributed by atoms with Crippen LogP contribution in [0.25, 0.3) is 0 Å². The Bertz CT molecular complexity index is 409. The largest absolute Gasteiger partial charge is 0.465 e. The molecule has 0 radical (unpaired) electrons. The van der Waals surface area contributed by atoms with Crippen molar-refractivity contribution < 1.29 is 13.9 Å². The number of hydrogen-bond acceptors (Lipinski definition) is 3. The Hall–Kier alpha value is -1.13. The van der Waals surface area contributed by atoms with Crippen molar-refractivity contribution in [3.63, 3.8) is 0 Å². The summed E-state index contributed by atoms with van der Waals surface area (Å²) in [6.07, 6.45) is 0.819. The van der Waals surface area contributed by atoms with Gasteiger partial charge in [-0.2, -0.15) is 0 Å². The highest BCUT2D eigenvalue weighted by atomic mass is 35.5. The monoisotopic (exact) mass is 245 g/mol. The molecule has 0 atom stereocenters. The fraction of sp³-hybridized carbons (Fsp3) is 0.364. The second kappa shape index (κ2) is 5.27. The molecule has 2 rings (SSSR count). The number of nitrogens with one attached hydrogen (secondary N) is 1. The highest BCUT2D eigenvalue weighted by molar-refractivity contribution is 5.90. The molecule has 0 spiro atoms. The Morgan fingerprint density at radius 3 is 2.88 bits per heavy atom. The number of esters is 1. The van der Waals surface area contributed by atoms with E-state index in [9.17, 15) is 9.18 Å². The Morgan fingerprint density at radius 1 is 1.44 bits per heavy atom. The van der Waals surface area contributed by atoms with E-state index in [0.717, 1.165) is 24.1 Å². The maximum absolute atomic E-state index is 13.5. The van der Waals surface area contributed by atoms with Crippen LogP contribution in [0.3, 0.4) is 0 Å². The van der Waals surface area contributed by atoms with Crippen LogP contribution in [0, 0.1) is 5.82 Å². The molecule has 0 aromatic heterocycles. The normalized spacial score (nSPS) is 13.6.